The Hall–Kier alpha value is -3.76. The van der Waals surface area contributed by atoms with E-state index in [9.17, 15) is 14.9 Å². The number of aromatic nitrogens is 2. The smallest absolute Gasteiger partial charge is 0.316 e. The minimum absolute atomic E-state index is 0.0832. The van der Waals surface area contributed by atoms with E-state index >= 15 is 0 Å². The van der Waals surface area contributed by atoms with E-state index in [0.29, 0.717) is 63.0 Å². The Morgan fingerprint density at radius 3 is 2.45 bits per heavy atom. The maximum atomic E-state index is 13.8. The van der Waals surface area contributed by atoms with Crippen molar-refractivity contribution in [2.24, 2.45) is 11.1 Å². The van der Waals surface area contributed by atoms with Gasteiger partial charge in [0.25, 0.3) is 0 Å². The highest BCUT2D eigenvalue weighted by Gasteiger charge is 2.45. The standard InChI is InChI=1S/C27H31N5O6S2/c1-7-38-20(34)13-39-26-31-30-25(40-26)32-16-10-27(2,3)11-17(33)22(16)21(15(12-28)24(32)29)14-8-18(35-4)23(37-6)19(9-14)36-5/h8-9,21H,7,10-11,13,29H2,1-6H3. The number of benzene rings is 1. The lowest BCUT2D eigenvalue weighted by Gasteiger charge is -2.42. The molecule has 0 saturated carbocycles. The Balaban J connectivity index is 1.87. The summed E-state index contributed by atoms with van der Waals surface area (Å²) in [4.78, 5) is 27.3. The number of esters is 1. The molecule has 0 bridgehead atoms. The molecule has 1 atom stereocenters. The zero-order chi connectivity index (χ0) is 29.2. The summed E-state index contributed by atoms with van der Waals surface area (Å²) in [6, 6.07) is 5.71. The average Bonchev–Trinajstić information content (AvgIpc) is 3.38. The Kier molecular flexibility index (Phi) is 8.60. The van der Waals surface area contributed by atoms with Crippen molar-refractivity contribution in [3.8, 4) is 23.3 Å². The van der Waals surface area contributed by atoms with Crippen LogP contribution in [0, 0.1) is 16.7 Å². The highest BCUT2D eigenvalue weighted by molar-refractivity contribution is 8.01. The number of methoxy groups -OCH3 is 3. The van der Waals surface area contributed by atoms with Gasteiger partial charge in [-0.2, -0.15) is 5.26 Å². The first-order chi connectivity index (χ1) is 19.1. The van der Waals surface area contributed by atoms with Crippen molar-refractivity contribution in [2.75, 3.05) is 38.6 Å². The zero-order valence-electron chi connectivity index (χ0n) is 23.2. The number of carbonyl (C=O) groups is 2. The predicted octanol–water partition coefficient (Wildman–Crippen LogP) is 4.16. The molecule has 1 aliphatic carbocycles. The molecule has 4 rings (SSSR count). The first-order valence-electron chi connectivity index (χ1n) is 12.5. The maximum absolute atomic E-state index is 13.8. The van der Waals surface area contributed by atoms with Crippen LogP contribution in [0.1, 0.15) is 45.1 Å². The number of hydrogen-bond acceptors (Lipinski definition) is 13. The monoisotopic (exact) mass is 585 g/mol. The molecule has 2 N–H and O–H groups in total. The van der Waals surface area contributed by atoms with E-state index in [4.69, 9.17) is 24.7 Å². The Morgan fingerprint density at radius 2 is 1.88 bits per heavy atom. The minimum atomic E-state index is -0.751. The number of thioether (sulfide) groups is 1. The van der Waals surface area contributed by atoms with Crippen molar-refractivity contribution in [1.82, 2.24) is 10.2 Å². The lowest BCUT2D eigenvalue weighted by atomic mass is 9.68. The molecular weight excluding hydrogens is 554 g/mol. The SMILES string of the molecule is CCOC(=O)CSc1nnc(N2C(N)=C(C#N)C(c3cc(OC)c(OC)c(OC)c3)C3=C2CC(C)(C)CC3=O)s1. The largest absolute Gasteiger partial charge is 0.493 e. The van der Waals surface area contributed by atoms with E-state index in [-0.39, 0.29) is 34.3 Å². The second-order valence-corrected chi connectivity index (χ2v) is 12.1. The molecule has 2 heterocycles. The average molecular weight is 586 g/mol. The van der Waals surface area contributed by atoms with Gasteiger partial charge in [0.05, 0.1) is 51.2 Å². The normalized spacial score (nSPS) is 18.3. The van der Waals surface area contributed by atoms with E-state index < -0.39 is 5.92 Å². The van der Waals surface area contributed by atoms with Crippen molar-refractivity contribution >= 4 is 40.0 Å². The summed E-state index contributed by atoms with van der Waals surface area (Å²) >= 11 is 2.42. The van der Waals surface area contributed by atoms with Crippen LogP contribution in [0.5, 0.6) is 17.2 Å². The van der Waals surface area contributed by atoms with Gasteiger partial charge in [0.2, 0.25) is 10.9 Å². The third kappa shape index (κ3) is 5.46. The zero-order valence-corrected chi connectivity index (χ0v) is 24.8. The fourth-order valence-electron chi connectivity index (χ4n) is 5.00. The lowest BCUT2D eigenvalue weighted by Crippen LogP contribution is -2.42. The highest BCUT2D eigenvalue weighted by Crippen LogP contribution is 2.52. The van der Waals surface area contributed by atoms with Crippen LogP contribution in [-0.2, 0) is 14.3 Å². The van der Waals surface area contributed by atoms with Gasteiger partial charge < -0.3 is 24.7 Å². The molecule has 2 aromatic rings. The number of nitrogens with zero attached hydrogens (tertiary/aromatic N) is 4. The Morgan fingerprint density at radius 1 is 1.20 bits per heavy atom. The summed E-state index contributed by atoms with van der Waals surface area (Å²) in [5.74, 6) is 0.237. The fourth-order valence-corrected chi connectivity index (χ4v) is 6.68. The maximum Gasteiger partial charge on any atom is 0.316 e. The van der Waals surface area contributed by atoms with Gasteiger partial charge in [-0.15, -0.1) is 10.2 Å². The van der Waals surface area contributed by atoms with Gasteiger partial charge in [0, 0.05) is 17.7 Å². The van der Waals surface area contributed by atoms with Crippen LogP contribution in [0.15, 0.2) is 39.1 Å². The lowest BCUT2D eigenvalue weighted by molar-refractivity contribution is -0.139. The third-order valence-corrected chi connectivity index (χ3v) is 8.62. The van der Waals surface area contributed by atoms with Gasteiger partial charge in [-0.1, -0.05) is 36.9 Å². The van der Waals surface area contributed by atoms with Crippen molar-refractivity contribution in [3.63, 3.8) is 0 Å². The van der Waals surface area contributed by atoms with E-state index in [2.05, 4.69) is 16.3 Å². The molecule has 212 valence electrons. The van der Waals surface area contributed by atoms with Gasteiger partial charge in [-0.05, 0) is 36.5 Å². The summed E-state index contributed by atoms with van der Waals surface area (Å²) in [7, 11) is 4.52. The molecule has 0 radical (unpaired) electrons. The predicted molar refractivity (Wildman–Crippen MR) is 150 cm³/mol. The van der Waals surface area contributed by atoms with Crippen LogP contribution in [-0.4, -0.2) is 55.6 Å². The van der Waals surface area contributed by atoms with E-state index in [1.807, 2.05) is 13.8 Å². The van der Waals surface area contributed by atoms with Crippen LogP contribution in [0.3, 0.4) is 0 Å². The molecular formula is C27H31N5O6S2. The topological polar surface area (TPSA) is 150 Å². The molecule has 1 unspecified atom stereocenters. The fraction of sp³-hybridized carbons (Fsp3) is 0.444. The number of nitrogens with two attached hydrogens (primary N) is 1. The number of nitriles is 1. The van der Waals surface area contributed by atoms with E-state index in [1.165, 1.54) is 44.4 Å². The summed E-state index contributed by atoms with van der Waals surface area (Å²) in [6.45, 7) is 6.07. The van der Waals surface area contributed by atoms with Gasteiger partial charge in [-0.3, -0.25) is 14.5 Å². The van der Waals surface area contributed by atoms with E-state index in [0.717, 1.165) is 0 Å². The van der Waals surface area contributed by atoms with Crippen LogP contribution in [0.25, 0.3) is 0 Å². The molecule has 0 fully saturated rings. The number of rotatable bonds is 9. The second kappa shape index (κ2) is 11.8. The first-order valence-corrected chi connectivity index (χ1v) is 14.3. The van der Waals surface area contributed by atoms with Crippen molar-refractivity contribution in [1.29, 1.82) is 5.26 Å². The van der Waals surface area contributed by atoms with Crippen LogP contribution in [0.4, 0.5) is 5.13 Å². The summed E-state index contributed by atoms with van der Waals surface area (Å²) in [6.07, 6.45) is 0.815. The molecule has 11 nitrogen and oxygen atoms in total. The van der Waals surface area contributed by atoms with Gasteiger partial charge in [0.15, 0.2) is 21.6 Å². The van der Waals surface area contributed by atoms with Gasteiger partial charge in [-0.25, -0.2) is 0 Å². The molecule has 0 spiro atoms. The number of carbonyl (C=O) groups excluding carboxylic acids is 2. The first kappa shape index (κ1) is 29.2. The Bertz CT molecular complexity index is 1420. The number of allylic oxidation sites excluding steroid dienone is 3. The van der Waals surface area contributed by atoms with Crippen molar-refractivity contribution in [3.05, 3.63) is 40.4 Å². The molecule has 0 amide bonds. The number of ether oxygens (including phenoxy) is 4. The number of Topliss-reactive ketones (excluding diaryl/α,β-unsaturated/α-hetero) is 1. The van der Waals surface area contributed by atoms with Crippen LogP contribution < -0.4 is 24.8 Å². The quantitative estimate of drug-likeness (QED) is 0.332. The number of anilines is 1. The summed E-state index contributed by atoms with van der Waals surface area (Å²) in [5.41, 5.74) is 8.28. The third-order valence-electron chi connectivity index (χ3n) is 6.61. The number of ketones is 1. The molecule has 13 heteroatoms. The molecule has 40 heavy (non-hydrogen) atoms. The molecule has 1 aromatic carbocycles. The van der Waals surface area contributed by atoms with Crippen molar-refractivity contribution < 1.29 is 28.5 Å². The summed E-state index contributed by atoms with van der Waals surface area (Å²) < 4.78 is 22.1. The van der Waals surface area contributed by atoms with E-state index in [1.54, 1.807) is 24.0 Å². The molecule has 0 saturated heterocycles. The number of hydrogen-bond donors (Lipinski definition) is 1. The van der Waals surface area contributed by atoms with Crippen LogP contribution in [0.2, 0.25) is 0 Å². The molecule has 2 aliphatic rings. The van der Waals surface area contributed by atoms with Gasteiger partial charge in [0.1, 0.15) is 5.82 Å². The minimum Gasteiger partial charge on any atom is -0.493 e. The highest BCUT2D eigenvalue weighted by atomic mass is 32.2. The second-order valence-electron chi connectivity index (χ2n) is 9.88. The van der Waals surface area contributed by atoms with Crippen molar-refractivity contribution in [2.45, 2.75) is 43.9 Å². The summed E-state index contributed by atoms with van der Waals surface area (Å²) in [5, 5.41) is 19.3. The van der Waals surface area contributed by atoms with Gasteiger partial charge >= 0.3 is 5.97 Å². The Labute approximate surface area is 240 Å². The van der Waals surface area contributed by atoms with Crippen LogP contribution >= 0.6 is 23.1 Å². The molecule has 1 aromatic heterocycles. The molecule has 1 aliphatic heterocycles.